The summed E-state index contributed by atoms with van der Waals surface area (Å²) in [6.07, 6.45) is 0.00538. The van der Waals surface area contributed by atoms with E-state index in [0.717, 1.165) is 22.1 Å². The number of esters is 1. The molecule has 0 radical (unpaired) electrons. The number of para-hydroxylation sites is 2. The van der Waals surface area contributed by atoms with E-state index in [1.54, 1.807) is 48.5 Å². The number of fused-ring (bicyclic) bond motifs is 1. The van der Waals surface area contributed by atoms with Crippen molar-refractivity contribution in [2.75, 3.05) is 19.0 Å². The summed E-state index contributed by atoms with van der Waals surface area (Å²) in [4.78, 5) is 51.0. The van der Waals surface area contributed by atoms with E-state index in [-0.39, 0.29) is 25.3 Å². The molecule has 0 saturated carbocycles. The van der Waals surface area contributed by atoms with Crippen molar-refractivity contribution in [3.63, 3.8) is 0 Å². The maximum Gasteiger partial charge on any atom is 0.407 e. The summed E-state index contributed by atoms with van der Waals surface area (Å²) < 4.78 is 15.7. The second-order valence-electron chi connectivity index (χ2n) is 10.4. The molecule has 0 spiro atoms. The van der Waals surface area contributed by atoms with Gasteiger partial charge in [0.25, 0.3) is 5.91 Å². The highest BCUT2D eigenvalue weighted by atomic mass is 16.5. The van der Waals surface area contributed by atoms with Crippen LogP contribution in [-0.2, 0) is 20.9 Å². The Balaban J connectivity index is 1.27. The number of benzene rings is 4. The fraction of sp³-hybridized carbons (Fsp3) is 0.167. The highest BCUT2D eigenvalue weighted by molar-refractivity contribution is 6.03. The van der Waals surface area contributed by atoms with Crippen molar-refractivity contribution in [1.82, 2.24) is 10.6 Å². The van der Waals surface area contributed by atoms with Crippen LogP contribution in [0.25, 0.3) is 22.1 Å². The number of amides is 3. The summed E-state index contributed by atoms with van der Waals surface area (Å²) in [5.74, 6) is -1.36. The van der Waals surface area contributed by atoms with Gasteiger partial charge in [-0.1, -0.05) is 78.9 Å². The number of hydrogen-bond acceptors (Lipinski definition) is 7. The Morgan fingerprint density at radius 3 is 2.30 bits per heavy atom. The summed E-state index contributed by atoms with van der Waals surface area (Å²) in [6.45, 7) is 0.358. The number of furan rings is 1. The third-order valence-corrected chi connectivity index (χ3v) is 7.22. The molecule has 10 nitrogen and oxygen atoms in total. The van der Waals surface area contributed by atoms with Gasteiger partial charge in [-0.15, -0.1) is 0 Å². The number of rotatable bonds is 12. The first-order valence-electron chi connectivity index (χ1n) is 14.7. The predicted molar refractivity (Wildman–Crippen MR) is 173 cm³/mol. The maximum atomic E-state index is 13.7. The van der Waals surface area contributed by atoms with Gasteiger partial charge in [-0.25, -0.2) is 9.59 Å². The Kier molecular flexibility index (Phi) is 10.4. The van der Waals surface area contributed by atoms with Gasteiger partial charge < -0.3 is 29.8 Å². The van der Waals surface area contributed by atoms with E-state index in [2.05, 4.69) is 16.0 Å². The lowest BCUT2D eigenvalue weighted by Gasteiger charge is -2.19. The van der Waals surface area contributed by atoms with Crippen LogP contribution < -0.4 is 16.0 Å². The Hall–Kier alpha value is -5.90. The molecule has 3 N–H and O–H groups in total. The summed E-state index contributed by atoms with van der Waals surface area (Å²) in [6, 6.07) is 31.3. The molecule has 0 saturated heterocycles. The van der Waals surface area contributed by atoms with Crippen molar-refractivity contribution in [2.45, 2.75) is 25.5 Å². The van der Waals surface area contributed by atoms with Gasteiger partial charge in [0.2, 0.25) is 5.91 Å². The van der Waals surface area contributed by atoms with E-state index >= 15 is 0 Å². The van der Waals surface area contributed by atoms with Crippen molar-refractivity contribution in [1.29, 1.82) is 0 Å². The SMILES string of the molecule is COC(=O)c1ccc(-c2ccccc2NC(=O)[C@H](CCCNC(=O)OCc2ccccc2)NC(=O)c2cc3ccccc3o2)cc1. The zero-order valence-corrected chi connectivity index (χ0v) is 25.2. The molecule has 10 heteroatoms. The van der Waals surface area contributed by atoms with Crippen LogP contribution in [0.1, 0.15) is 39.3 Å². The Labute approximate surface area is 265 Å². The molecule has 4 aromatic carbocycles. The molecule has 1 atom stereocenters. The van der Waals surface area contributed by atoms with E-state index in [1.165, 1.54) is 7.11 Å². The molecule has 3 amide bonds. The molecule has 0 unspecified atom stereocenters. The highest BCUT2D eigenvalue weighted by Crippen LogP contribution is 2.28. The number of ether oxygens (including phenoxy) is 2. The number of alkyl carbamates (subject to hydrolysis) is 1. The number of carbonyl (C=O) groups excluding carboxylic acids is 4. The summed E-state index contributed by atoms with van der Waals surface area (Å²) in [7, 11) is 1.32. The van der Waals surface area contributed by atoms with Crippen LogP contribution in [0, 0.1) is 0 Å². The van der Waals surface area contributed by atoms with Gasteiger partial charge >= 0.3 is 12.1 Å². The van der Waals surface area contributed by atoms with E-state index in [0.29, 0.717) is 23.3 Å². The number of carbonyl (C=O) groups is 4. The Morgan fingerprint density at radius 1 is 0.826 bits per heavy atom. The highest BCUT2D eigenvalue weighted by Gasteiger charge is 2.24. The van der Waals surface area contributed by atoms with Crippen molar-refractivity contribution >= 4 is 40.5 Å². The van der Waals surface area contributed by atoms with E-state index in [4.69, 9.17) is 13.9 Å². The second kappa shape index (κ2) is 15.2. The van der Waals surface area contributed by atoms with Crippen LogP contribution in [0.4, 0.5) is 10.5 Å². The lowest BCUT2D eigenvalue weighted by molar-refractivity contribution is -0.118. The molecule has 0 aliphatic rings. The van der Waals surface area contributed by atoms with Gasteiger partial charge in [0.1, 0.15) is 18.2 Å². The fourth-order valence-corrected chi connectivity index (χ4v) is 4.83. The molecule has 5 rings (SSSR count). The first kappa shape index (κ1) is 31.5. The Morgan fingerprint density at radius 2 is 1.54 bits per heavy atom. The monoisotopic (exact) mass is 619 g/mol. The van der Waals surface area contributed by atoms with Crippen molar-refractivity contribution < 1.29 is 33.1 Å². The van der Waals surface area contributed by atoms with Gasteiger partial charge in [-0.2, -0.15) is 0 Å². The minimum absolute atomic E-state index is 0.0766. The van der Waals surface area contributed by atoms with Crippen LogP contribution in [0.5, 0.6) is 0 Å². The van der Waals surface area contributed by atoms with Gasteiger partial charge in [0.15, 0.2) is 5.76 Å². The average Bonchev–Trinajstić information content (AvgIpc) is 3.54. The normalized spacial score (nSPS) is 11.3. The van der Waals surface area contributed by atoms with E-state index < -0.39 is 29.9 Å². The van der Waals surface area contributed by atoms with Crippen LogP contribution >= 0.6 is 0 Å². The van der Waals surface area contributed by atoms with Crippen molar-refractivity contribution in [2.24, 2.45) is 0 Å². The topological polar surface area (TPSA) is 136 Å². The van der Waals surface area contributed by atoms with E-state index in [9.17, 15) is 19.2 Å². The van der Waals surface area contributed by atoms with Gasteiger partial charge in [0, 0.05) is 23.2 Å². The molecule has 1 aromatic heterocycles. The standard InChI is InChI=1S/C36H33N3O7/c1-44-35(42)26-19-17-25(18-20-26)28-13-6-7-14-29(28)38-33(40)30(39-34(41)32-22-27-12-5-8-16-31(27)46-32)15-9-21-37-36(43)45-23-24-10-3-2-4-11-24/h2-8,10-14,16-20,22,30H,9,15,21,23H2,1H3,(H,37,43)(H,38,40)(H,39,41)/t30-/m0/s1. The zero-order valence-electron chi connectivity index (χ0n) is 25.2. The van der Waals surface area contributed by atoms with Gasteiger partial charge in [-0.05, 0) is 54.3 Å². The zero-order chi connectivity index (χ0) is 32.3. The van der Waals surface area contributed by atoms with Crippen molar-refractivity contribution in [3.05, 3.63) is 126 Å². The third-order valence-electron chi connectivity index (χ3n) is 7.22. The number of methoxy groups -OCH3 is 1. The molecule has 0 fully saturated rings. The number of hydrogen-bond donors (Lipinski definition) is 3. The minimum Gasteiger partial charge on any atom is -0.465 e. The van der Waals surface area contributed by atoms with E-state index in [1.807, 2.05) is 60.7 Å². The largest absolute Gasteiger partial charge is 0.465 e. The first-order valence-corrected chi connectivity index (χ1v) is 14.7. The molecule has 1 heterocycles. The lowest BCUT2D eigenvalue weighted by atomic mass is 10.0. The quantitative estimate of drug-likeness (QED) is 0.110. The smallest absolute Gasteiger partial charge is 0.407 e. The summed E-state index contributed by atoms with van der Waals surface area (Å²) in [5.41, 5.74) is 3.83. The number of anilines is 1. The van der Waals surface area contributed by atoms with Gasteiger partial charge in [0.05, 0.1) is 12.7 Å². The molecule has 0 aliphatic carbocycles. The summed E-state index contributed by atoms with van der Waals surface area (Å²) in [5, 5.41) is 9.19. The van der Waals surface area contributed by atoms with Gasteiger partial charge in [-0.3, -0.25) is 9.59 Å². The lowest BCUT2D eigenvalue weighted by Crippen LogP contribution is -2.44. The number of nitrogens with one attached hydrogen (secondary N) is 3. The fourth-order valence-electron chi connectivity index (χ4n) is 4.83. The molecular formula is C36H33N3O7. The first-order chi connectivity index (χ1) is 22.4. The van der Waals surface area contributed by atoms with Crippen molar-refractivity contribution in [3.8, 4) is 11.1 Å². The minimum atomic E-state index is -0.961. The third kappa shape index (κ3) is 8.17. The molecule has 234 valence electrons. The predicted octanol–water partition coefficient (Wildman–Crippen LogP) is 6.33. The molecule has 0 aliphatic heterocycles. The molecule has 46 heavy (non-hydrogen) atoms. The average molecular weight is 620 g/mol. The van der Waals surface area contributed by atoms with Crippen LogP contribution in [-0.4, -0.2) is 43.6 Å². The second-order valence-corrected chi connectivity index (χ2v) is 10.4. The molecule has 0 bridgehead atoms. The molecular weight excluding hydrogens is 586 g/mol. The van der Waals surface area contributed by atoms with Crippen LogP contribution in [0.2, 0.25) is 0 Å². The van der Waals surface area contributed by atoms with Crippen LogP contribution in [0.15, 0.2) is 114 Å². The molecule has 5 aromatic rings. The van der Waals surface area contributed by atoms with Crippen LogP contribution in [0.3, 0.4) is 0 Å². The maximum absolute atomic E-state index is 13.7. The summed E-state index contributed by atoms with van der Waals surface area (Å²) >= 11 is 0. The Bertz CT molecular complexity index is 1780.